The van der Waals surface area contributed by atoms with Crippen LogP contribution in [0.3, 0.4) is 0 Å². The molecule has 2 atom stereocenters. The summed E-state index contributed by atoms with van der Waals surface area (Å²) in [6.07, 6.45) is 2.25. The number of hydrogen-bond acceptors (Lipinski definition) is 2. The van der Waals surface area contributed by atoms with Crippen molar-refractivity contribution in [2.75, 3.05) is 26.8 Å². The van der Waals surface area contributed by atoms with Crippen molar-refractivity contribution in [1.29, 1.82) is 0 Å². The molecule has 3 heteroatoms. The van der Waals surface area contributed by atoms with E-state index in [9.17, 15) is 0 Å². The highest BCUT2D eigenvalue weighted by molar-refractivity contribution is 9.10. The lowest BCUT2D eigenvalue weighted by Crippen LogP contribution is -2.29. The highest BCUT2D eigenvalue weighted by Gasteiger charge is 2.17. The van der Waals surface area contributed by atoms with Gasteiger partial charge in [-0.3, -0.25) is 0 Å². The molecule has 0 saturated carbocycles. The van der Waals surface area contributed by atoms with Gasteiger partial charge in [0.2, 0.25) is 0 Å². The number of nitrogens with one attached hydrogen (secondary N) is 1. The van der Waals surface area contributed by atoms with E-state index in [4.69, 9.17) is 4.74 Å². The molecule has 0 aliphatic rings. The summed E-state index contributed by atoms with van der Waals surface area (Å²) >= 11 is 3.55. The van der Waals surface area contributed by atoms with Gasteiger partial charge in [0.25, 0.3) is 0 Å². The molecule has 19 heavy (non-hydrogen) atoms. The maximum atomic E-state index is 5.21. The Hall–Kier alpha value is -0.380. The van der Waals surface area contributed by atoms with Gasteiger partial charge in [0.05, 0.1) is 0 Å². The third-order valence-electron chi connectivity index (χ3n) is 3.63. The number of hydrogen-bond donors (Lipinski definition) is 1. The second kappa shape index (κ2) is 9.51. The standard InChI is InChI=1S/C16H26BrNO/c1-4-18-12-15(13(2)8-9-19-3)10-14-6-5-7-16(17)11-14/h5-7,11,13,15,18H,4,8-10,12H2,1-3H3. The van der Waals surface area contributed by atoms with Crippen LogP contribution in [-0.2, 0) is 11.2 Å². The van der Waals surface area contributed by atoms with Crippen molar-refractivity contribution in [3.63, 3.8) is 0 Å². The molecule has 0 aliphatic carbocycles. The average molecular weight is 328 g/mol. The molecule has 2 unspecified atom stereocenters. The number of ether oxygens (including phenoxy) is 1. The van der Waals surface area contributed by atoms with E-state index in [-0.39, 0.29) is 0 Å². The molecule has 108 valence electrons. The Balaban J connectivity index is 2.62. The van der Waals surface area contributed by atoms with Crippen LogP contribution >= 0.6 is 15.9 Å². The van der Waals surface area contributed by atoms with Crippen molar-refractivity contribution in [3.8, 4) is 0 Å². The van der Waals surface area contributed by atoms with Crippen LogP contribution in [0.2, 0.25) is 0 Å². The van der Waals surface area contributed by atoms with Crippen molar-refractivity contribution in [3.05, 3.63) is 34.3 Å². The predicted molar refractivity (Wildman–Crippen MR) is 85.5 cm³/mol. The number of rotatable bonds is 9. The van der Waals surface area contributed by atoms with Gasteiger partial charge in [0, 0.05) is 18.2 Å². The van der Waals surface area contributed by atoms with E-state index in [0.717, 1.165) is 37.0 Å². The fourth-order valence-electron chi connectivity index (χ4n) is 2.31. The van der Waals surface area contributed by atoms with Gasteiger partial charge in [-0.2, -0.15) is 0 Å². The third-order valence-corrected chi connectivity index (χ3v) is 4.12. The maximum Gasteiger partial charge on any atom is 0.0464 e. The molecule has 0 bridgehead atoms. The zero-order valence-corrected chi connectivity index (χ0v) is 13.9. The van der Waals surface area contributed by atoms with E-state index in [1.165, 1.54) is 5.56 Å². The lowest BCUT2D eigenvalue weighted by atomic mass is 9.86. The first-order chi connectivity index (χ1) is 9.17. The van der Waals surface area contributed by atoms with Gasteiger partial charge in [-0.05, 0) is 55.5 Å². The van der Waals surface area contributed by atoms with Crippen molar-refractivity contribution < 1.29 is 4.74 Å². The Morgan fingerprint density at radius 2 is 2.16 bits per heavy atom. The molecule has 0 aliphatic heterocycles. The third kappa shape index (κ3) is 6.55. The molecule has 0 radical (unpaired) electrons. The van der Waals surface area contributed by atoms with Crippen LogP contribution in [0.15, 0.2) is 28.7 Å². The zero-order chi connectivity index (χ0) is 14.1. The number of methoxy groups -OCH3 is 1. The van der Waals surface area contributed by atoms with Gasteiger partial charge in [0.1, 0.15) is 0 Å². The number of halogens is 1. The first kappa shape index (κ1) is 16.7. The van der Waals surface area contributed by atoms with Gasteiger partial charge in [-0.25, -0.2) is 0 Å². The van der Waals surface area contributed by atoms with Crippen molar-refractivity contribution in [2.24, 2.45) is 11.8 Å². The molecule has 1 aromatic rings. The molecule has 1 N–H and O–H groups in total. The lowest BCUT2D eigenvalue weighted by Gasteiger charge is -2.24. The Morgan fingerprint density at radius 1 is 1.37 bits per heavy atom. The van der Waals surface area contributed by atoms with Gasteiger partial charge in [0.15, 0.2) is 0 Å². The highest BCUT2D eigenvalue weighted by Crippen LogP contribution is 2.22. The largest absolute Gasteiger partial charge is 0.385 e. The summed E-state index contributed by atoms with van der Waals surface area (Å²) in [5.41, 5.74) is 1.40. The summed E-state index contributed by atoms with van der Waals surface area (Å²) in [7, 11) is 1.78. The van der Waals surface area contributed by atoms with Crippen LogP contribution < -0.4 is 5.32 Å². The Morgan fingerprint density at radius 3 is 2.79 bits per heavy atom. The zero-order valence-electron chi connectivity index (χ0n) is 12.3. The summed E-state index contributed by atoms with van der Waals surface area (Å²) in [5, 5.41) is 3.49. The van der Waals surface area contributed by atoms with Gasteiger partial charge < -0.3 is 10.1 Å². The minimum Gasteiger partial charge on any atom is -0.385 e. The van der Waals surface area contributed by atoms with Crippen LogP contribution in [0, 0.1) is 11.8 Å². The minimum absolute atomic E-state index is 0.657. The van der Waals surface area contributed by atoms with Crippen molar-refractivity contribution in [2.45, 2.75) is 26.7 Å². The van der Waals surface area contributed by atoms with Crippen LogP contribution in [-0.4, -0.2) is 26.8 Å². The first-order valence-corrected chi connectivity index (χ1v) is 7.90. The summed E-state index contributed by atoms with van der Waals surface area (Å²) in [6.45, 7) is 7.46. The predicted octanol–water partition coefficient (Wildman–Crippen LogP) is 3.89. The lowest BCUT2D eigenvalue weighted by molar-refractivity contribution is 0.164. The average Bonchev–Trinajstić information content (AvgIpc) is 2.40. The van der Waals surface area contributed by atoms with Crippen LogP contribution in [0.25, 0.3) is 0 Å². The fraction of sp³-hybridized carbons (Fsp3) is 0.625. The van der Waals surface area contributed by atoms with Gasteiger partial charge in [-0.15, -0.1) is 0 Å². The molecule has 0 fully saturated rings. The van der Waals surface area contributed by atoms with E-state index in [1.54, 1.807) is 7.11 Å². The van der Waals surface area contributed by atoms with E-state index < -0.39 is 0 Å². The quantitative estimate of drug-likeness (QED) is 0.742. The highest BCUT2D eigenvalue weighted by atomic mass is 79.9. The summed E-state index contributed by atoms with van der Waals surface area (Å²) in [5.74, 6) is 1.32. The summed E-state index contributed by atoms with van der Waals surface area (Å²) in [6, 6.07) is 8.63. The van der Waals surface area contributed by atoms with Crippen LogP contribution in [0.1, 0.15) is 25.8 Å². The Labute approximate surface area is 126 Å². The molecular formula is C16H26BrNO. The van der Waals surface area contributed by atoms with Crippen LogP contribution in [0.5, 0.6) is 0 Å². The Bertz CT molecular complexity index is 356. The first-order valence-electron chi connectivity index (χ1n) is 7.11. The molecule has 1 aromatic carbocycles. The fourth-order valence-corrected chi connectivity index (χ4v) is 2.76. The molecule has 0 spiro atoms. The summed E-state index contributed by atoms with van der Waals surface area (Å²) in [4.78, 5) is 0. The maximum absolute atomic E-state index is 5.21. The molecule has 2 nitrogen and oxygen atoms in total. The summed E-state index contributed by atoms with van der Waals surface area (Å²) < 4.78 is 6.37. The van der Waals surface area contributed by atoms with Crippen molar-refractivity contribution in [1.82, 2.24) is 5.32 Å². The monoisotopic (exact) mass is 327 g/mol. The molecule has 0 amide bonds. The molecule has 0 aromatic heterocycles. The van der Waals surface area contributed by atoms with Crippen LogP contribution in [0.4, 0.5) is 0 Å². The van der Waals surface area contributed by atoms with E-state index in [2.05, 4.69) is 59.4 Å². The normalized spacial score (nSPS) is 14.3. The minimum atomic E-state index is 0.657. The second-order valence-corrected chi connectivity index (χ2v) is 6.08. The molecule has 0 saturated heterocycles. The van der Waals surface area contributed by atoms with E-state index in [0.29, 0.717) is 11.8 Å². The second-order valence-electron chi connectivity index (χ2n) is 5.16. The molecular weight excluding hydrogens is 302 g/mol. The smallest absolute Gasteiger partial charge is 0.0464 e. The SMILES string of the molecule is CCNCC(Cc1cccc(Br)c1)C(C)CCOC. The van der Waals surface area contributed by atoms with Crippen molar-refractivity contribution >= 4 is 15.9 Å². The topological polar surface area (TPSA) is 21.3 Å². The van der Waals surface area contributed by atoms with Gasteiger partial charge in [-0.1, -0.05) is 41.9 Å². The molecule has 0 heterocycles. The Kier molecular flexibility index (Phi) is 8.35. The van der Waals surface area contributed by atoms with Gasteiger partial charge >= 0.3 is 0 Å². The number of benzene rings is 1. The molecule has 1 rings (SSSR count). The van der Waals surface area contributed by atoms with E-state index in [1.807, 2.05) is 0 Å². The van der Waals surface area contributed by atoms with E-state index >= 15 is 0 Å².